The zero-order valence-electron chi connectivity index (χ0n) is 11.9. The second kappa shape index (κ2) is 8.15. The van der Waals surface area contributed by atoms with Crippen molar-refractivity contribution in [1.29, 1.82) is 0 Å². The van der Waals surface area contributed by atoms with Gasteiger partial charge in [-0.2, -0.15) is 0 Å². The maximum Gasteiger partial charge on any atom is 0.308 e. The molecule has 0 bridgehead atoms. The Morgan fingerprint density at radius 3 is 2.50 bits per heavy atom. The van der Waals surface area contributed by atoms with Gasteiger partial charge in [0.05, 0.1) is 5.92 Å². The van der Waals surface area contributed by atoms with Gasteiger partial charge in [-0.1, -0.05) is 43.3 Å². The Hall–Kier alpha value is -2.10. The zero-order valence-corrected chi connectivity index (χ0v) is 11.9. The van der Waals surface area contributed by atoms with Gasteiger partial charge in [-0.25, -0.2) is 0 Å². The molecule has 0 spiro atoms. The molecule has 2 N–H and O–H groups in total. The molecule has 0 aliphatic carbocycles. The van der Waals surface area contributed by atoms with Gasteiger partial charge in [-0.15, -0.1) is 0 Å². The van der Waals surface area contributed by atoms with Crippen LogP contribution in [0, 0.1) is 5.92 Å². The smallest absolute Gasteiger partial charge is 0.308 e. The van der Waals surface area contributed by atoms with Crippen LogP contribution in [0.4, 0.5) is 0 Å². The fraction of sp³-hybridized carbons (Fsp3) is 0.375. The van der Waals surface area contributed by atoms with Crippen molar-refractivity contribution in [3.8, 4) is 0 Å². The van der Waals surface area contributed by atoms with Crippen molar-refractivity contribution >= 4 is 11.9 Å². The summed E-state index contributed by atoms with van der Waals surface area (Å²) in [6.07, 6.45) is 3.01. The van der Waals surface area contributed by atoms with Crippen molar-refractivity contribution in [3.63, 3.8) is 0 Å². The van der Waals surface area contributed by atoms with Gasteiger partial charge >= 0.3 is 5.97 Å². The van der Waals surface area contributed by atoms with E-state index in [1.54, 1.807) is 6.92 Å². The molecule has 4 heteroatoms. The van der Waals surface area contributed by atoms with Gasteiger partial charge in [0, 0.05) is 12.1 Å². The van der Waals surface area contributed by atoms with Crippen molar-refractivity contribution < 1.29 is 14.7 Å². The van der Waals surface area contributed by atoms with Gasteiger partial charge in [-0.3, -0.25) is 9.59 Å². The molecule has 1 atom stereocenters. The second-order valence-electron chi connectivity index (χ2n) is 4.73. The third-order valence-corrected chi connectivity index (χ3v) is 3.05. The third-order valence-electron chi connectivity index (χ3n) is 3.05. The molecule has 0 fully saturated rings. The van der Waals surface area contributed by atoms with Crippen molar-refractivity contribution in [2.75, 3.05) is 6.54 Å². The normalized spacial score (nSPS) is 12.8. The SMILES string of the molecule is CC/C=C(/C)C(=O)NCC(Cc1ccccc1)C(=O)O. The largest absolute Gasteiger partial charge is 0.481 e. The van der Waals surface area contributed by atoms with Gasteiger partial charge in [0.2, 0.25) is 5.91 Å². The van der Waals surface area contributed by atoms with Gasteiger partial charge in [-0.05, 0) is 25.3 Å². The van der Waals surface area contributed by atoms with E-state index in [9.17, 15) is 14.7 Å². The van der Waals surface area contributed by atoms with Crippen molar-refractivity contribution in [3.05, 3.63) is 47.5 Å². The topological polar surface area (TPSA) is 66.4 Å². The molecule has 20 heavy (non-hydrogen) atoms. The van der Waals surface area contributed by atoms with E-state index in [0.29, 0.717) is 12.0 Å². The lowest BCUT2D eigenvalue weighted by Gasteiger charge is -2.13. The molecule has 0 saturated carbocycles. The Bertz CT molecular complexity index is 480. The maximum absolute atomic E-state index is 11.7. The molecule has 0 heterocycles. The number of amides is 1. The van der Waals surface area contributed by atoms with E-state index in [1.807, 2.05) is 43.3 Å². The summed E-state index contributed by atoms with van der Waals surface area (Å²) >= 11 is 0. The van der Waals surface area contributed by atoms with Crippen LogP contribution >= 0.6 is 0 Å². The first-order valence-corrected chi connectivity index (χ1v) is 6.76. The van der Waals surface area contributed by atoms with Crippen LogP contribution in [0.15, 0.2) is 42.0 Å². The Balaban J connectivity index is 2.58. The molecular weight excluding hydrogens is 254 g/mol. The second-order valence-corrected chi connectivity index (χ2v) is 4.73. The van der Waals surface area contributed by atoms with E-state index < -0.39 is 11.9 Å². The number of aliphatic carboxylic acids is 1. The molecule has 0 radical (unpaired) electrons. The fourth-order valence-corrected chi connectivity index (χ4v) is 1.90. The highest BCUT2D eigenvalue weighted by Gasteiger charge is 2.19. The summed E-state index contributed by atoms with van der Waals surface area (Å²) in [6, 6.07) is 9.42. The average Bonchev–Trinajstić information content (AvgIpc) is 2.44. The van der Waals surface area contributed by atoms with E-state index in [4.69, 9.17) is 0 Å². The van der Waals surface area contributed by atoms with Crippen molar-refractivity contribution in [2.24, 2.45) is 5.92 Å². The molecule has 0 saturated heterocycles. The molecule has 1 amide bonds. The molecule has 1 rings (SSSR count). The molecule has 1 aromatic rings. The number of allylic oxidation sites excluding steroid dienone is 1. The van der Waals surface area contributed by atoms with Gasteiger partial charge in [0.1, 0.15) is 0 Å². The number of carbonyl (C=O) groups is 2. The monoisotopic (exact) mass is 275 g/mol. The minimum absolute atomic E-state index is 0.137. The van der Waals surface area contributed by atoms with E-state index in [-0.39, 0.29) is 12.5 Å². The number of carboxylic acids is 1. The summed E-state index contributed by atoms with van der Waals surface area (Å²) in [5.41, 5.74) is 1.58. The van der Waals surface area contributed by atoms with E-state index >= 15 is 0 Å². The predicted octanol–water partition coefficient (Wildman–Crippen LogP) is 2.40. The highest BCUT2D eigenvalue weighted by molar-refractivity contribution is 5.92. The van der Waals surface area contributed by atoms with Crippen LogP contribution in [-0.4, -0.2) is 23.5 Å². The summed E-state index contributed by atoms with van der Waals surface area (Å²) in [7, 11) is 0. The molecule has 0 aliphatic heterocycles. The molecule has 1 aromatic carbocycles. The summed E-state index contributed by atoms with van der Waals surface area (Å²) in [5.74, 6) is -1.71. The van der Waals surface area contributed by atoms with Crippen molar-refractivity contribution in [2.45, 2.75) is 26.7 Å². The Kier molecular flexibility index (Phi) is 6.50. The minimum Gasteiger partial charge on any atom is -0.481 e. The minimum atomic E-state index is -0.897. The first-order chi connectivity index (χ1) is 9.54. The van der Waals surface area contributed by atoms with Crippen LogP contribution in [0.5, 0.6) is 0 Å². The zero-order chi connectivity index (χ0) is 15.0. The Morgan fingerprint density at radius 1 is 1.30 bits per heavy atom. The van der Waals surface area contributed by atoms with Crippen LogP contribution in [0.2, 0.25) is 0 Å². The summed E-state index contributed by atoms with van der Waals surface area (Å²) < 4.78 is 0. The Labute approximate surface area is 119 Å². The van der Waals surface area contributed by atoms with E-state index in [1.165, 1.54) is 0 Å². The number of hydrogen-bond donors (Lipinski definition) is 2. The quantitative estimate of drug-likeness (QED) is 0.751. The lowest BCUT2D eigenvalue weighted by molar-refractivity contribution is -0.141. The molecule has 0 aromatic heterocycles. The lowest BCUT2D eigenvalue weighted by atomic mass is 9.99. The number of benzene rings is 1. The van der Waals surface area contributed by atoms with Crippen LogP contribution < -0.4 is 5.32 Å². The molecule has 108 valence electrons. The number of nitrogens with one attached hydrogen (secondary N) is 1. The first kappa shape index (κ1) is 16.0. The van der Waals surface area contributed by atoms with Crippen LogP contribution in [0.25, 0.3) is 0 Å². The number of hydrogen-bond acceptors (Lipinski definition) is 2. The third kappa shape index (κ3) is 5.26. The average molecular weight is 275 g/mol. The highest BCUT2D eigenvalue weighted by Crippen LogP contribution is 2.09. The van der Waals surface area contributed by atoms with Crippen LogP contribution in [0.1, 0.15) is 25.8 Å². The molecule has 4 nitrogen and oxygen atoms in total. The summed E-state index contributed by atoms with van der Waals surface area (Å²) in [6.45, 7) is 3.82. The fourth-order valence-electron chi connectivity index (χ4n) is 1.90. The molecule has 0 aliphatic rings. The van der Waals surface area contributed by atoms with E-state index in [0.717, 1.165) is 12.0 Å². The van der Waals surface area contributed by atoms with Crippen LogP contribution in [-0.2, 0) is 16.0 Å². The highest BCUT2D eigenvalue weighted by atomic mass is 16.4. The molecule has 1 unspecified atom stereocenters. The van der Waals surface area contributed by atoms with Gasteiger partial charge in [0.25, 0.3) is 0 Å². The van der Waals surface area contributed by atoms with Crippen LogP contribution in [0.3, 0.4) is 0 Å². The number of rotatable bonds is 7. The summed E-state index contributed by atoms with van der Waals surface area (Å²) in [5, 5.41) is 11.9. The number of carboxylic acid groups (broad SMARTS) is 1. The predicted molar refractivity (Wildman–Crippen MR) is 78.3 cm³/mol. The Morgan fingerprint density at radius 2 is 1.95 bits per heavy atom. The lowest BCUT2D eigenvalue weighted by Crippen LogP contribution is -2.34. The van der Waals surface area contributed by atoms with E-state index in [2.05, 4.69) is 5.32 Å². The standard InChI is InChI=1S/C16H21NO3/c1-3-7-12(2)15(18)17-11-14(16(19)20)10-13-8-5-4-6-9-13/h4-9,14H,3,10-11H2,1-2H3,(H,17,18)(H,19,20)/b12-7-. The molecular formula is C16H21NO3. The summed E-state index contributed by atoms with van der Waals surface area (Å²) in [4.78, 5) is 23.0. The van der Waals surface area contributed by atoms with Gasteiger partial charge in [0.15, 0.2) is 0 Å². The first-order valence-electron chi connectivity index (χ1n) is 6.76. The maximum atomic E-state index is 11.7. The van der Waals surface area contributed by atoms with Gasteiger partial charge < -0.3 is 10.4 Å². The van der Waals surface area contributed by atoms with Crippen molar-refractivity contribution in [1.82, 2.24) is 5.32 Å². The number of carbonyl (C=O) groups excluding carboxylic acids is 1.